The fourth-order valence-corrected chi connectivity index (χ4v) is 4.17. The van der Waals surface area contributed by atoms with Gasteiger partial charge < -0.3 is 19.5 Å². The Morgan fingerprint density at radius 3 is 2.67 bits per heavy atom. The zero-order valence-electron chi connectivity index (χ0n) is 17.0. The quantitative estimate of drug-likeness (QED) is 0.716. The number of benzene rings is 1. The van der Waals surface area contributed by atoms with Crippen molar-refractivity contribution in [1.29, 1.82) is 0 Å². The minimum absolute atomic E-state index is 0.112. The summed E-state index contributed by atoms with van der Waals surface area (Å²) in [5.41, 5.74) is -0.834. The Kier molecular flexibility index (Phi) is 4.93. The predicted molar refractivity (Wildman–Crippen MR) is 107 cm³/mol. The zero-order valence-corrected chi connectivity index (χ0v) is 17.7. The van der Waals surface area contributed by atoms with Crippen molar-refractivity contribution in [3.63, 3.8) is 0 Å². The van der Waals surface area contributed by atoms with Gasteiger partial charge in [-0.25, -0.2) is 4.98 Å². The summed E-state index contributed by atoms with van der Waals surface area (Å²) in [7, 11) is 4.66. The second-order valence-corrected chi connectivity index (χ2v) is 7.67. The molecule has 0 unspecified atom stereocenters. The number of ketones is 2. The number of aromatic nitrogens is 3. The molecule has 1 aliphatic carbocycles. The van der Waals surface area contributed by atoms with Gasteiger partial charge in [-0.3, -0.25) is 14.3 Å². The van der Waals surface area contributed by atoms with Crippen molar-refractivity contribution in [3.05, 3.63) is 40.6 Å². The number of hydrogen-bond donors (Lipinski definition) is 1. The van der Waals surface area contributed by atoms with E-state index in [2.05, 4.69) is 15.4 Å². The third kappa shape index (κ3) is 2.92. The molecule has 0 amide bonds. The molecule has 1 N–H and O–H groups in total. The van der Waals surface area contributed by atoms with Crippen LogP contribution in [-0.4, -0.2) is 46.2 Å². The van der Waals surface area contributed by atoms with E-state index in [0.29, 0.717) is 30.2 Å². The van der Waals surface area contributed by atoms with E-state index >= 15 is 0 Å². The summed E-state index contributed by atoms with van der Waals surface area (Å²) in [6.07, 6.45) is 3.43. The average molecular weight is 433 g/mol. The van der Waals surface area contributed by atoms with Crippen LogP contribution in [-0.2, 0) is 18.4 Å². The Balaban J connectivity index is 1.66. The molecule has 2 atom stereocenters. The minimum atomic E-state index is -1.68. The van der Waals surface area contributed by atoms with Gasteiger partial charge in [0.15, 0.2) is 11.6 Å². The van der Waals surface area contributed by atoms with Crippen LogP contribution >= 0.6 is 11.6 Å². The number of ether oxygens (including phenoxy) is 3. The van der Waals surface area contributed by atoms with Crippen molar-refractivity contribution in [2.75, 3.05) is 14.2 Å². The van der Waals surface area contributed by atoms with E-state index in [9.17, 15) is 9.59 Å². The molecule has 9 nitrogen and oxygen atoms in total. The lowest BCUT2D eigenvalue weighted by Gasteiger charge is -2.35. The fraction of sp³-hybridized carbons (Fsp3) is 0.400. The van der Waals surface area contributed by atoms with E-state index in [-0.39, 0.29) is 22.1 Å². The van der Waals surface area contributed by atoms with Gasteiger partial charge in [0.05, 0.1) is 20.8 Å². The van der Waals surface area contributed by atoms with Crippen LogP contribution in [0.3, 0.4) is 0 Å². The lowest BCUT2D eigenvalue weighted by molar-refractivity contribution is -0.129. The number of Topliss-reactive ketones (excluding diaryl/α,β-unsaturated/α-hetero) is 1. The highest BCUT2D eigenvalue weighted by Gasteiger charge is 2.60. The largest absolute Gasteiger partial charge is 0.496 e. The molecule has 2 heterocycles. The van der Waals surface area contributed by atoms with Crippen LogP contribution in [0, 0.1) is 5.92 Å². The predicted octanol–water partition coefficient (Wildman–Crippen LogP) is 2.08. The number of halogens is 1. The van der Waals surface area contributed by atoms with E-state index in [4.69, 9.17) is 25.8 Å². The van der Waals surface area contributed by atoms with E-state index in [1.807, 2.05) is 0 Å². The summed E-state index contributed by atoms with van der Waals surface area (Å²) in [6, 6.07) is 1.52. The first-order valence-electron chi connectivity index (χ1n) is 9.33. The molecule has 1 aliphatic heterocycles. The average Bonchev–Trinajstić information content (AvgIpc) is 3.27. The van der Waals surface area contributed by atoms with Crippen molar-refractivity contribution in [2.45, 2.75) is 25.5 Å². The molecule has 4 rings (SSSR count). The smallest absolute Gasteiger partial charge is 0.236 e. The number of fused-ring (bicyclic) bond motifs is 1. The number of nitrogens with one attached hydrogen (secondary N) is 1. The topological polar surface area (TPSA) is 105 Å². The third-order valence-corrected chi connectivity index (χ3v) is 5.79. The Hall–Kier alpha value is -3.07. The lowest BCUT2D eigenvalue weighted by atomic mass is 9.74. The van der Waals surface area contributed by atoms with Crippen LogP contribution in [0.1, 0.15) is 29.5 Å². The fourth-order valence-electron chi connectivity index (χ4n) is 3.91. The van der Waals surface area contributed by atoms with Gasteiger partial charge in [0.1, 0.15) is 28.4 Å². The summed E-state index contributed by atoms with van der Waals surface area (Å²) in [5.74, 6) is -0.0884. The van der Waals surface area contributed by atoms with E-state index in [0.717, 1.165) is 0 Å². The normalized spacial score (nSPS) is 22.6. The van der Waals surface area contributed by atoms with Crippen LogP contribution in [0.2, 0.25) is 5.02 Å². The number of aryl methyl sites for hydroxylation is 1. The molecular formula is C20H21ClN4O5. The number of carbonyl (C=O) groups is 2. The summed E-state index contributed by atoms with van der Waals surface area (Å²) < 4.78 is 18.2. The number of nitrogens with zero attached hydrogens (tertiary/aromatic N) is 3. The number of allylic oxidation sites excluding steroid dienone is 1. The highest BCUT2D eigenvalue weighted by Crippen LogP contribution is 2.52. The Morgan fingerprint density at radius 2 is 2.07 bits per heavy atom. The molecular weight excluding hydrogens is 412 g/mol. The van der Waals surface area contributed by atoms with Gasteiger partial charge >= 0.3 is 0 Å². The highest BCUT2D eigenvalue weighted by molar-refractivity contribution is 6.36. The maximum atomic E-state index is 13.4. The van der Waals surface area contributed by atoms with Crippen molar-refractivity contribution in [3.8, 4) is 17.2 Å². The number of rotatable bonds is 5. The molecule has 1 aromatic heterocycles. The van der Waals surface area contributed by atoms with Crippen LogP contribution in [0.5, 0.6) is 17.2 Å². The second-order valence-electron chi connectivity index (χ2n) is 7.29. The van der Waals surface area contributed by atoms with Crippen molar-refractivity contribution < 1.29 is 23.8 Å². The number of methoxy groups -OCH3 is 2. The Labute approximate surface area is 178 Å². The summed E-state index contributed by atoms with van der Waals surface area (Å²) in [4.78, 5) is 30.8. The second kappa shape index (κ2) is 7.32. The molecule has 2 aliphatic rings. The van der Waals surface area contributed by atoms with Crippen LogP contribution in [0.4, 0.5) is 0 Å². The van der Waals surface area contributed by atoms with Gasteiger partial charge in [-0.15, -0.1) is 0 Å². The van der Waals surface area contributed by atoms with Gasteiger partial charge in [-0.05, 0) is 6.42 Å². The lowest BCUT2D eigenvalue weighted by Crippen LogP contribution is -2.55. The molecule has 2 aromatic rings. The Morgan fingerprint density at radius 1 is 1.33 bits per heavy atom. The SMILES string of the molecule is COc1cc(OC)c2c(c1Cl)O[C@@]1(C(=O)C=C(NCc3ncn(C)n3)C[C@H]1C)C2=O. The first kappa shape index (κ1) is 20.2. The summed E-state index contributed by atoms with van der Waals surface area (Å²) >= 11 is 6.38. The third-order valence-electron chi connectivity index (χ3n) is 5.43. The van der Waals surface area contributed by atoms with Crippen molar-refractivity contribution >= 4 is 23.2 Å². The van der Waals surface area contributed by atoms with E-state index < -0.39 is 23.1 Å². The highest BCUT2D eigenvalue weighted by atomic mass is 35.5. The molecule has 0 saturated heterocycles. The van der Waals surface area contributed by atoms with Crippen LogP contribution in [0.15, 0.2) is 24.2 Å². The molecule has 10 heteroatoms. The number of hydrogen-bond acceptors (Lipinski definition) is 8. The molecule has 0 bridgehead atoms. The van der Waals surface area contributed by atoms with Gasteiger partial charge in [0, 0.05) is 30.8 Å². The van der Waals surface area contributed by atoms with Gasteiger partial charge in [-0.1, -0.05) is 18.5 Å². The maximum absolute atomic E-state index is 13.4. The summed E-state index contributed by atoms with van der Waals surface area (Å²) in [5, 5.41) is 7.50. The monoisotopic (exact) mass is 432 g/mol. The Bertz CT molecular complexity index is 1080. The molecule has 158 valence electrons. The van der Waals surface area contributed by atoms with Crippen molar-refractivity contribution in [1.82, 2.24) is 20.1 Å². The standard InChI is InChI=1S/C20H21ClN4O5/c1-10-5-11(22-8-15-23-9-25(2)24-15)6-14(26)20(10)19(27)16-12(28-3)7-13(29-4)17(21)18(16)30-20/h6-7,9-10,22H,5,8H2,1-4H3/t10-,20+/m1/s1. The van der Waals surface area contributed by atoms with E-state index in [1.54, 1.807) is 25.0 Å². The molecule has 0 saturated carbocycles. The van der Waals surface area contributed by atoms with Crippen molar-refractivity contribution in [2.24, 2.45) is 13.0 Å². The first-order chi connectivity index (χ1) is 14.3. The summed E-state index contributed by atoms with van der Waals surface area (Å²) in [6.45, 7) is 2.17. The van der Waals surface area contributed by atoms with Gasteiger partial charge in [0.25, 0.3) is 0 Å². The molecule has 1 spiro atoms. The molecule has 0 fully saturated rings. The van der Waals surface area contributed by atoms with Crippen LogP contribution < -0.4 is 19.5 Å². The van der Waals surface area contributed by atoms with E-state index in [1.165, 1.54) is 26.4 Å². The van der Waals surface area contributed by atoms with Gasteiger partial charge in [-0.2, -0.15) is 5.10 Å². The number of carbonyl (C=O) groups excluding carboxylic acids is 2. The van der Waals surface area contributed by atoms with Gasteiger partial charge in [0.2, 0.25) is 17.2 Å². The zero-order chi connectivity index (χ0) is 21.6. The molecule has 30 heavy (non-hydrogen) atoms. The molecule has 0 radical (unpaired) electrons. The minimum Gasteiger partial charge on any atom is -0.496 e. The first-order valence-corrected chi connectivity index (χ1v) is 9.71. The van der Waals surface area contributed by atoms with Crippen LogP contribution in [0.25, 0.3) is 0 Å². The maximum Gasteiger partial charge on any atom is 0.236 e. The molecule has 1 aromatic carbocycles.